The third-order valence-electron chi connectivity index (χ3n) is 9.30. The maximum Gasteiger partial charge on any atom is 0.416 e. The topological polar surface area (TPSA) is 60.9 Å². The highest BCUT2D eigenvalue weighted by Crippen LogP contribution is 2.51. The molecule has 10 heteroatoms. The molecule has 212 valence electrons. The number of hydrogen-bond donors (Lipinski definition) is 0. The standard InChI is InChI=1S/C29H36F3N3O3S/c1-33(2)28(22-10-5-4-6-11-22)16-14-27(15-17-28)20-34(26(36)35(27)19-21-8-7-9-21)24-13-12-23(29(30,31)32)18-25(24)39(3,37)38/h4-6,10-13,18,21H,7-9,14-17,19-20H2,1-3H3. The van der Waals surface area contributed by atoms with Crippen LogP contribution in [0.15, 0.2) is 53.4 Å². The van der Waals surface area contributed by atoms with E-state index in [2.05, 4.69) is 31.1 Å². The fourth-order valence-electron chi connectivity index (χ4n) is 6.70. The molecule has 2 aromatic rings. The summed E-state index contributed by atoms with van der Waals surface area (Å²) in [5.74, 6) is 0.391. The van der Waals surface area contributed by atoms with Crippen LogP contribution in [-0.4, -0.2) is 63.2 Å². The number of hydrogen-bond acceptors (Lipinski definition) is 4. The summed E-state index contributed by atoms with van der Waals surface area (Å²) < 4.78 is 65.7. The first-order chi connectivity index (χ1) is 18.3. The van der Waals surface area contributed by atoms with Gasteiger partial charge in [-0.1, -0.05) is 36.8 Å². The van der Waals surface area contributed by atoms with E-state index in [1.807, 2.05) is 23.1 Å². The number of alkyl halides is 3. The molecule has 39 heavy (non-hydrogen) atoms. The van der Waals surface area contributed by atoms with Gasteiger partial charge in [-0.3, -0.25) is 9.80 Å². The van der Waals surface area contributed by atoms with Crippen molar-refractivity contribution in [1.29, 1.82) is 0 Å². The van der Waals surface area contributed by atoms with Gasteiger partial charge < -0.3 is 4.90 Å². The fraction of sp³-hybridized carbons (Fsp3) is 0.552. The summed E-state index contributed by atoms with van der Waals surface area (Å²) >= 11 is 0. The largest absolute Gasteiger partial charge is 0.416 e. The second-order valence-electron chi connectivity index (χ2n) is 11.7. The van der Waals surface area contributed by atoms with Crippen LogP contribution < -0.4 is 4.90 Å². The number of carbonyl (C=O) groups is 1. The molecule has 0 N–H and O–H groups in total. The molecule has 0 unspecified atom stereocenters. The smallest absolute Gasteiger partial charge is 0.317 e. The molecular formula is C29H36F3N3O3S. The molecule has 5 rings (SSSR count). The highest BCUT2D eigenvalue weighted by atomic mass is 32.2. The molecule has 2 saturated carbocycles. The SMILES string of the molecule is CN(C)C1(c2ccccc2)CCC2(CC1)CN(c1ccc(C(F)(F)F)cc1S(C)(=O)=O)C(=O)N2CC1CCC1. The Labute approximate surface area is 228 Å². The fourth-order valence-corrected chi connectivity index (χ4v) is 7.60. The van der Waals surface area contributed by atoms with Crippen molar-refractivity contribution in [2.24, 2.45) is 5.92 Å². The third-order valence-corrected chi connectivity index (χ3v) is 10.4. The van der Waals surface area contributed by atoms with Gasteiger partial charge in [-0.15, -0.1) is 0 Å². The Morgan fingerprint density at radius 1 is 1.00 bits per heavy atom. The van der Waals surface area contributed by atoms with Crippen molar-refractivity contribution >= 4 is 21.6 Å². The second kappa shape index (κ2) is 9.80. The van der Waals surface area contributed by atoms with Gasteiger partial charge in [-0.25, -0.2) is 13.2 Å². The van der Waals surface area contributed by atoms with E-state index in [0.717, 1.165) is 50.5 Å². The van der Waals surface area contributed by atoms with Crippen molar-refractivity contribution in [2.45, 2.75) is 67.1 Å². The zero-order valence-corrected chi connectivity index (χ0v) is 23.5. The number of carbonyl (C=O) groups excluding carboxylic acids is 1. The minimum Gasteiger partial charge on any atom is -0.317 e. The van der Waals surface area contributed by atoms with E-state index in [4.69, 9.17) is 0 Å². The summed E-state index contributed by atoms with van der Waals surface area (Å²) in [7, 11) is 0.108. The molecule has 6 nitrogen and oxygen atoms in total. The van der Waals surface area contributed by atoms with Crippen molar-refractivity contribution < 1.29 is 26.4 Å². The van der Waals surface area contributed by atoms with Crippen LogP contribution in [0.25, 0.3) is 0 Å². The van der Waals surface area contributed by atoms with Crippen LogP contribution in [-0.2, 0) is 21.6 Å². The molecule has 1 heterocycles. The molecule has 1 saturated heterocycles. The maximum absolute atomic E-state index is 14.0. The van der Waals surface area contributed by atoms with Crippen LogP contribution in [0.4, 0.5) is 23.7 Å². The molecule has 0 bridgehead atoms. The van der Waals surface area contributed by atoms with Crippen LogP contribution in [0, 0.1) is 5.92 Å². The molecule has 0 aromatic heterocycles. The van der Waals surface area contributed by atoms with E-state index < -0.39 is 32.0 Å². The van der Waals surface area contributed by atoms with Crippen LogP contribution in [0.1, 0.15) is 56.1 Å². The van der Waals surface area contributed by atoms with Gasteiger partial charge >= 0.3 is 12.2 Å². The minimum absolute atomic E-state index is 0.0264. The molecule has 3 aliphatic rings. The van der Waals surface area contributed by atoms with E-state index in [1.165, 1.54) is 10.5 Å². The van der Waals surface area contributed by atoms with Gasteiger partial charge in [0.2, 0.25) is 0 Å². The number of urea groups is 1. The zero-order chi connectivity index (χ0) is 28.2. The normalized spacial score (nSPS) is 26.5. The van der Waals surface area contributed by atoms with E-state index in [1.54, 1.807) is 0 Å². The monoisotopic (exact) mass is 563 g/mol. The molecule has 2 amide bonds. The summed E-state index contributed by atoms with van der Waals surface area (Å²) in [4.78, 5) is 19.1. The average molecular weight is 564 g/mol. The summed E-state index contributed by atoms with van der Waals surface area (Å²) in [6, 6.07) is 12.7. The Hall–Kier alpha value is -2.59. The third kappa shape index (κ3) is 4.94. The Kier molecular flexibility index (Phi) is 7.02. The van der Waals surface area contributed by atoms with Crippen molar-refractivity contribution in [3.05, 3.63) is 59.7 Å². The summed E-state index contributed by atoms with van der Waals surface area (Å²) in [6.07, 6.45) is 2.43. The first kappa shape index (κ1) is 28.0. The number of halogens is 3. The highest BCUT2D eigenvalue weighted by molar-refractivity contribution is 7.90. The average Bonchev–Trinajstić information content (AvgIpc) is 3.11. The van der Waals surface area contributed by atoms with Crippen LogP contribution >= 0.6 is 0 Å². The van der Waals surface area contributed by atoms with Gasteiger partial charge in [0.1, 0.15) is 0 Å². The van der Waals surface area contributed by atoms with E-state index in [-0.39, 0.29) is 23.8 Å². The number of nitrogens with zero attached hydrogens (tertiary/aromatic N) is 3. The summed E-state index contributed by atoms with van der Waals surface area (Å²) in [5.41, 5.74) is -0.511. The van der Waals surface area contributed by atoms with Crippen LogP contribution in [0.3, 0.4) is 0 Å². The van der Waals surface area contributed by atoms with Gasteiger partial charge in [0.05, 0.1) is 28.2 Å². The Morgan fingerprint density at radius 3 is 2.15 bits per heavy atom. The first-order valence-corrected chi connectivity index (χ1v) is 15.4. The molecule has 0 atom stereocenters. The van der Waals surface area contributed by atoms with E-state index in [0.29, 0.717) is 31.4 Å². The Morgan fingerprint density at radius 2 is 1.64 bits per heavy atom. The maximum atomic E-state index is 14.0. The van der Waals surface area contributed by atoms with Crippen molar-refractivity contribution in [3.8, 4) is 0 Å². The number of amides is 2. The first-order valence-electron chi connectivity index (χ1n) is 13.5. The molecule has 0 radical (unpaired) electrons. The van der Waals surface area contributed by atoms with Gasteiger partial charge in [-0.05, 0) is 82.3 Å². The van der Waals surface area contributed by atoms with Gasteiger partial charge in [0, 0.05) is 18.3 Å². The van der Waals surface area contributed by atoms with Gasteiger partial charge in [0.25, 0.3) is 0 Å². The molecular weight excluding hydrogens is 527 g/mol. The van der Waals surface area contributed by atoms with Crippen molar-refractivity contribution in [1.82, 2.24) is 9.80 Å². The predicted octanol–water partition coefficient (Wildman–Crippen LogP) is 5.92. The lowest BCUT2D eigenvalue weighted by Gasteiger charge is -2.51. The van der Waals surface area contributed by atoms with Crippen molar-refractivity contribution in [3.63, 3.8) is 0 Å². The van der Waals surface area contributed by atoms with E-state index in [9.17, 15) is 26.4 Å². The minimum atomic E-state index is -4.69. The lowest BCUT2D eigenvalue weighted by atomic mass is 9.68. The molecule has 3 fully saturated rings. The molecule has 2 aliphatic carbocycles. The predicted molar refractivity (Wildman–Crippen MR) is 144 cm³/mol. The van der Waals surface area contributed by atoms with Gasteiger partial charge in [-0.2, -0.15) is 13.2 Å². The Balaban J connectivity index is 1.53. The lowest BCUT2D eigenvalue weighted by Crippen LogP contribution is -2.56. The van der Waals surface area contributed by atoms with Crippen LogP contribution in [0.2, 0.25) is 0 Å². The van der Waals surface area contributed by atoms with Gasteiger partial charge in [0.15, 0.2) is 9.84 Å². The molecule has 1 aliphatic heterocycles. The van der Waals surface area contributed by atoms with Crippen LogP contribution in [0.5, 0.6) is 0 Å². The molecule has 1 spiro atoms. The Bertz CT molecular complexity index is 1330. The number of rotatable bonds is 6. The quantitative estimate of drug-likeness (QED) is 0.438. The van der Waals surface area contributed by atoms with E-state index >= 15 is 0 Å². The lowest BCUT2D eigenvalue weighted by molar-refractivity contribution is -0.137. The number of benzene rings is 2. The summed E-state index contributed by atoms with van der Waals surface area (Å²) in [6.45, 7) is 0.842. The molecule has 2 aromatic carbocycles. The highest BCUT2D eigenvalue weighted by Gasteiger charge is 2.55. The number of sulfone groups is 1. The second-order valence-corrected chi connectivity index (χ2v) is 13.7. The van der Waals surface area contributed by atoms with Crippen molar-refractivity contribution in [2.75, 3.05) is 38.3 Å². The zero-order valence-electron chi connectivity index (χ0n) is 22.7. The summed E-state index contributed by atoms with van der Waals surface area (Å²) in [5, 5.41) is 0. The number of anilines is 1.